The van der Waals surface area contributed by atoms with Gasteiger partial charge in [-0.1, -0.05) is 20.8 Å². The first-order chi connectivity index (χ1) is 6.31. The molecule has 0 aliphatic heterocycles. The molecule has 0 aromatic rings. The molecule has 0 bridgehead atoms. The average molecular weight is 199 g/mol. The fraction of sp³-hybridized carbons (Fsp3) is 0.800. The average Bonchev–Trinajstić information content (AvgIpc) is 1.95. The first kappa shape index (κ1) is 12.9. The summed E-state index contributed by atoms with van der Waals surface area (Å²) < 4.78 is 0. The molecule has 4 heteroatoms. The maximum Gasteiger partial charge on any atom is 0.222 e. The molecule has 0 aliphatic rings. The van der Waals surface area contributed by atoms with E-state index in [2.05, 4.69) is 36.6 Å². The van der Waals surface area contributed by atoms with Crippen molar-refractivity contribution < 1.29 is 4.79 Å². The summed E-state index contributed by atoms with van der Waals surface area (Å²) in [5, 5.41) is 6.59. The molecule has 0 saturated carbocycles. The van der Waals surface area contributed by atoms with E-state index in [1.165, 1.54) is 6.92 Å². The van der Waals surface area contributed by atoms with Crippen LogP contribution in [0.5, 0.6) is 0 Å². The highest BCUT2D eigenvalue weighted by Crippen LogP contribution is 2.16. The van der Waals surface area contributed by atoms with Crippen LogP contribution in [0.3, 0.4) is 0 Å². The van der Waals surface area contributed by atoms with E-state index in [0.29, 0.717) is 11.3 Å². The Bertz CT molecular complexity index is 216. The van der Waals surface area contributed by atoms with E-state index in [1.807, 2.05) is 0 Å². The molecule has 82 valence electrons. The third kappa shape index (κ3) is 9.03. The van der Waals surface area contributed by atoms with Gasteiger partial charge in [0.1, 0.15) is 5.84 Å². The molecule has 4 nitrogen and oxygen atoms in total. The normalized spacial score (nSPS) is 12.5. The van der Waals surface area contributed by atoms with E-state index in [0.717, 1.165) is 13.0 Å². The number of hydrogen-bond acceptors (Lipinski definition) is 3. The van der Waals surface area contributed by atoms with Crippen LogP contribution in [0.15, 0.2) is 5.10 Å². The largest absolute Gasteiger partial charge is 0.313 e. The van der Waals surface area contributed by atoms with Crippen molar-refractivity contribution in [2.45, 2.75) is 41.0 Å². The van der Waals surface area contributed by atoms with Gasteiger partial charge in [-0.15, -0.1) is 0 Å². The van der Waals surface area contributed by atoms with E-state index in [-0.39, 0.29) is 5.91 Å². The van der Waals surface area contributed by atoms with Gasteiger partial charge in [-0.2, -0.15) is 5.10 Å². The molecule has 0 aromatic heterocycles. The zero-order valence-corrected chi connectivity index (χ0v) is 9.77. The van der Waals surface area contributed by atoms with Crippen LogP contribution in [-0.2, 0) is 4.79 Å². The molecule has 0 aliphatic carbocycles. The second kappa shape index (κ2) is 5.62. The quantitative estimate of drug-likeness (QED) is 0.313. The van der Waals surface area contributed by atoms with Gasteiger partial charge in [0.2, 0.25) is 5.91 Å². The van der Waals surface area contributed by atoms with Crippen LogP contribution >= 0.6 is 0 Å². The van der Waals surface area contributed by atoms with Crippen molar-refractivity contribution in [1.82, 2.24) is 10.7 Å². The predicted octanol–water partition coefficient (Wildman–Crippen LogP) is 1.48. The van der Waals surface area contributed by atoms with Crippen LogP contribution < -0.4 is 10.7 Å². The third-order valence-corrected chi connectivity index (χ3v) is 1.59. The molecule has 1 amide bonds. The molecular formula is C10H21N3O. The van der Waals surface area contributed by atoms with E-state index < -0.39 is 0 Å². The molecule has 0 radical (unpaired) electrons. The molecule has 14 heavy (non-hydrogen) atoms. The van der Waals surface area contributed by atoms with Crippen molar-refractivity contribution in [2.24, 2.45) is 10.5 Å². The van der Waals surface area contributed by atoms with Crippen LogP contribution in [-0.4, -0.2) is 18.3 Å². The van der Waals surface area contributed by atoms with E-state index in [9.17, 15) is 4.79 Å². The van der Waals surface area contributed by atoms with E-state index in [1.54, 1.807) is 6.92 Å². The number of amides is 1. The lowest BCUT2D eigenvalue weighted by atomic mass is 9.93. The van der Waals surface area contributed by atoms with Crippen LogP contribution in [0.1, 0.15) is 41.0 Å². The number of hydrazone groups is 1. The van der Waals surface area contributed by atoms with Crippen molar-refractivity contribution in [2.75, 3.05) is 6.54 Å². The minimum Gasteiger partial charge on any atom is -0.313 e. The molecule has 0 rings (SSSR count). The van der Waals surface area contributed by atoms with Crippen LogP contribution in [0, 0.1) is 5.41 Å². The number of carbonyl (C=O) groups excluding carboxylic acids is 1. The molecule has 0 saturated heterocycles. The number of carbonyl (C=O) groups is 1. The first-order valence-electron chi connectivity index (χ1n) is 4.86. The predicted molar refractivity (Wildman–Crippen MR) is 59.0 cm³/mol. The van der Waals surface area contributed by atoms with Gasteiger partial charge in [-0.3, -0.25) is 4.79 Å². The SMILES string of the molecule is CC(=O)N/C(C)=N/NCCC(C)(C)C. The maximum absolute atomic E-state index is 10.6. The van der Waals surface area contributed by atoms with Crippen molar-refractivity contribution >= 4 is 11.7 Å². The summed E-state index contributed by atoms with van der Waals surface area (Å²) in [5.41, 5.74) is 3.23. The fourth-order valence-corrected chi connectivity index (χ4v) is 0.888. The Morgan fingerprint density at radius 3 is 2.29 bits per heavy atom. The molecule has 0 spiro atoms. The number of nitrogens with zero attached hydrogens (tertiary/aromatic N) is 1. The summed E-state index contributed by atoms with van der Waals surface area (Å²) in [4.78, 5) is 10.6. The minimum atomic E-state index is -0.0936. The third-order valence-electron chi connectivity index (χ3n) is 1.59. The summed E-state index contributed by atoms with van der Waals surface area (Å²) >= 11 is 0. The maximum atomic E-state index is 10.6. The number of hydrogen-bond donors (Lipinski definition) is 2. The first-order valence-corrected chi connectivity index (χ1v) is 4.86. The Labute approximate surface area is 86.2 Å². The van der Waals surface area contributed by atoms with Crippen LogP contribution in [0.2, 0.25) is 0 Å². The van der Waals surface area contributed by atoms with Gasteiger partial charge < -0.3 is 10.7 Å². The van der Waals surface area contributed by atoms with Gasteiger partial charge >= 0.3 is 0 Å². The topological polar surface area (TPSA) is 53.5 Å². The molecule has 0 aromatic carbocycles. The Kier molecular flexibility index (Phi) is 5.20. The van der Waals surface area contributed by atoms with Gasteiger partial charge in [0.25, 0.3) is 0 Å². The molecule has 2 N–H and O–H groups in total. The van der Waals surface area contributed by atoms with Crippen molar-refractivity contribution in [3.63, 3.8) is 0 Å². The van der Waals surface area contributed by atoms with Crippen molar-refractivity contribution in [3.05, 3.63) is 0 Å². The highest BCUT2D eigenvalue weighted by molar-refractivity contribution is 5.95. The summed E-state index contributed by atoms with van der Waals surface area (Å²) in [6.45, 7) is 10.6. The lowest BCUT2D eigenvalue weighted by Crippen LogP contribution is -2.28. The second-order valence-electron chi connectivity index (χ2n) is 4.60. The molecular weight excluding hydrogens is 178 g/mol. The van der Waals surface area contributed by atoms with Crippen LogP contribution in [0.25, 0.3) is 0 Å². The van der Waals surface area contributed by atoms with Gasteiger partial charge in [-0.05, 0) is 18.8 Å². The van der Waals surface area contributed by atoms with E-state index in [4.69, 9.17) is 0 Å². The lowest BCUT2D eigenvalue weighted by molar-refractivity contribution is -0.117. The standard InChI is InChI=1S/C10H21N3O/c1-8(12-9(2)14)13-11-7-6-10(3,4)5/h11H,6-7H2,1-5H3,(H,12,13,14). The molecule has 0 atom stereocenters. The van der Waals surface area contributed by atoms with Gasteiger partial charge in [0.15, 0.2) is 0 Å². The Morgan fingerprint density at radius 1 is 1.29 bits per heavy atom. The smallest absolute Gasteiger partial charge is 0.222 e. The van der Waals surface area contributed by atoms with Gasteiger partial charge in [0.05, 0.1) is 0 Å². The second-order valence-corrected chi connectivity index (χ2v) is 4.60. The van der Waals surface area contributed by atoms with Crippen molar-refractivity contribution in [3.8, 4) is 0 Å². The summed E-state index contributed by atoms with van der Waals surface area (Å²) in [6, 6.07) is 0. The number of nitrogens with one attached hydrogen (secondary N) is 2. The Balaban J connectivity index is 3.66. The Hall–Kier alpha value is -1.06. The number of rotatable bonds is 3. The lowest BCUT2D eigenvalue weighted by Gasteiger charge is -2.17. The summed E-state index contributed by atoms with van der Waals surface area (Å²) in [7, 11) is 0. The summed E-state index contributed by atoms with van der Waals surface area (Å²) in [5.74, 6) is 0.510. The number of amidine groups is 1. The summed E-state index contributed by atoms with van der Waals surface area (Å²) in [6.07, 6.45) is 1.05. The highest BCUT2D eigenvalue weighted by atomic mass is 16.1. The molecule has 0 heterocycles. The molecule has 0 fully saturated rings. The fourth-order valence-electron chi connectivity index (χ4n) is 0.888. The van der Waals surface area contributed by atoms with Gasteiger partial charge in [-0.25, -0.2) is 0 Å². The zero-order valence-electron chi connectivity index (χ0n) is 9.77. The Morgan fingerprint density at radius 2 is 1.86 bits per heavy atom. The van der Waals surface area contributed by atoms with Crippen LogP contribution in [0.4, 0.5) is 0 Å². The van der Waals surface area contributed by atoms with E-state index >= 15 is 0 Å². The van der Waals surface area contributed by atoms with Gasteiger partial charge in [0, 0.05) is 13.5 Å². The van der Waals surface area contributed by atoms with Crippen molar-refractivity contribution in [1.29, 1.82) is 0 Å². The highest BCUT2D eigenvalue weighted by Gasteiger charge is 2.08. The minimum absolute atomic E-state index is 0.0936. The monoisotopic (exact) mass is 199 g/mol. The zero-order chi connectivity index (χ0) is 11.2. The molecule has 0 unspecified atom stereocenters.